The van der Waals surface area contributed by atoms with Gasteiger partial charge in [0, 0.05) is 6.04 Å². The van der Waals surface area contributed by atoms with Gasteiger partial charge in [-0.25, -0.2) is 4.39 Å². The number of hydrogen-bond acceptors (Lipinski definition) is 2. The molecule has 1 saturated carbocycles. The SMILES string of the molecule is C[C@H](N[C@@H](CO)c1ccc(Cl)c(F)c1)C1CC1. The summed E-state index contributed by atoms with van der Waals surface area (Å²) >= 11 is 5.64. The molecule has 4 heteroatoms. The Hall–Kier alpha value is -0.640. The molecule has 0 amide bonds. The molecule has 1 aliphatic carbocycles. The van der Waals surface area contributed by atoms with E-state index in [0.29, 0.717) is 12.0 Å². The van der Waals surface area contributed by atoms with E-state index in [0.717, 1.165) is 5.56 Å². The monoisotopic (exact) mass is 257 g/mol. The fraction of sp³-hybridized carbons (Fsp3) is 0.538. The molecule has 0 spiro atoms. The molecule has 0 unspecified atom stereocenters. The number of rotatable bonds is 5. The van der Waals surface area contributed by atoms with Gasteiger partial charge in [0.2, 0.25) is 0 Å². The van der Waals surface area contributed by atoms with Crippen LogP contribution in [-0.4, -0.2) is 17.8 Å². The molecule has 1 aromatic rings. The van der Waals surface area contributed by atoms with Gasteiger partial charge in [0.25, 0.3) is 0 Å². The summed E-state index contributed by atoms with van der Waals surface area (Å²) in [6.45, 7) is 2.06. The molecule has 2 rings (SSSR count). The van der Waals surface area contributed by atoms with Crippen LogP contribution in [0.5, 0.6) is 0 Å². The lowest BCUT2D eigenvalue weighted by atomic mass is 10.1. The van der Waals surface area contributed by atoms with Crippen molar-refractivity contribution in [2.75, 3.05) is 6.61 Å². The number of halogens is 2. The molecular formula is C13H17ClFNO. The standard InChI is InChI=1S/C13H17ClFNO/c1-8(9-2-3-9)16-13(7-17)10-4-5-11(14)12(15)6-10/h4-6,8-9,13,16-17H,2-3,7H2,1H3/t8-,13-/m0/s1. The minimum atomic E-state index is -0.441. The number of nitrogens with one attached hydrogen (secondary N) is 1. The van der Waals surface area contributed by atoms with Crippen LogP contribution in [0.4, 0.5) is 4.39 Å². The molecular weight excluding hydrogens is 241 g/mol. The lowest BCUT2D eigenvalue weighted by molar-refractivity contribution is 0.231. The van der Waals surface area contributed by atoms with Crippen LogP contribution >= 0.6 is 11.6 Å². The maximum Gasteiger partial charge on any atom is 0.142 e. The zero-order valence-corrected chi connectivity index (χ0v) is 10.5. The molecule has 0 saturated heterocycles. The molecule has 2 atom stereocenters. The zero-order valence-electron chi connectivity index (χ0n) is 9.79. The van der Waals surface area contributed by atoms with Crippen LogP contribution in [0.15, 0.2) is 18.2 Å². The molecule has 0 radical (unpaired) electrons. The molecule has 0 aliphatic heterocycles. The van der Waals surface area contributed by atoms with Crippen LogP contribution in [0.3, 0.4) is 0 Å². The summed E-state index contributed by atoms with van der Waals surface area (Å²) in [5.41, 5.74) is 0.738. The second-order valence-electron chi connectivity index (χ2n) is 4.70. The second-order valence-corrected chi connectivity index (χ2v) is 5.11. The van der Waals surface area contributed by atoms with E-state index in [4.69, 9.17) is 11.6 Å². The van der Waals surface area contributed by atoms with E-state index in [1.807, 2.05) is 0 Å². The normalized spacial score (nSPS) is 19.1. The smallest absolute Gasteiger partial charge is 0.142 e. The molecule has 2 N–H and O–H groups in total. The summed E-state index contributed by atoms with van der Waals surface area (Å²) in [5.74, 6) is 0.254. The Bertz CT molecular complexity index is 395. The van der Waals surface area contributed by atoms with Crippen molar-refractivity contribution < 1.29 is 9.50 Å². The van der Waals surface area contributed by atoms with Crippen LogP contribution in [0.25, 0.3) is 0 Å². The van der Waals surface area contributed by atoms with E-state index < -0.39 is 5.82 Å². The summed E-state index contributed by atoms with van der Waals surface area (Å²) in [6, 6.07) is 4.79. The Morgan fingerprint density at radius 2 is 2.24 bits per heavy atom. The van der Waals surface area contributed by atoms with Gasteiger partial charge < -0.3 is 10.4 Å². The first-order valence-electron chi connectivity index (χ1n) is 5.93. The third kappa shape index (κ3) is 3.18. The Labute approximate surface area is 106 Å². The number of aliphatic hydroxyl groups is 1. The molecule has 2 nitrogen and oxygen atoms in total. The third-order valence-corrected chi connectivity index (χ3v) is 3.63. The van der Waals surface area contributed by atoms with Crippen LogP contribution in [0.1, 0.15) is 31.4 Å². The highest BCUT2D eigenvalue weighted by Crippen LogP contribution is 2.33. The first-order valence-corrected chi connectivity index (χ1v) is 6.31. The van der Waals surface area contributed by atoms with E-state index in [1.54, 1.807) is 6.07 Å². The zero-order chi connectivity index (χ0) is 12.4. The van der Waals surface area contributed by atoms with E-state index >= 15 is 0 Å². The van der Waals surface area contributed by atoms with Crippen molar-refractivity contribution >= 4 is 11.6 Å². The fourth-order valence-corrected chi connectivity index (χ4v) is 2.15. The average molecular weight is 258 g/mol. The number of aliphatic hydroxyl groups excluding tert-OH is 1. The Morgan fingerprint density at radius 3 is 2.76 bits per heavy atom. The molecule has 17 heavy (non-hydrogen) atoms. The van der Waals surface area contributed by atoms with Gasteiger partial charge in [-0.2, -0.15) is 0 Å². The van der Waals surface area contributed by atoms with E-state index in [1.165, 1.54) is 25.0 Å². The Morgan fingerprint density at radius 1 is 1.53 bits per heavy atom. The first-order chi connectivity index (χ1) is 8.11. The summed E-state index contributed by atoms with van der Waals surface area (Å²) in [5, 5.41) is 12.8. The molecule has 1 fully saturated rings. The highest BCUT2D eigenvalue weighted by Gasteiger charge is 2.29. The minimum absolute atomic E-state index is 0.0435. The lowest BCUT2D eigenvalue weighted by Gasteiger charge is -2.22. The van der Waals surface area contributed by atoms with Gasteiger partial charge in [0.15, 0.2) is 0 Å². The maximum atomic E-state index is 13.3. The van der Waals surface area contributed by atoms with Gasteiger partial charge in [-0.15, -0.1) is 0 Å². The molecule has 0 heterocycles. The number of hydrogen-bond donors (Lipinski definition) is 2. The van der Waals surface area contributed by atoms with Crippen molar-refractivity contribution in [3.63, 3.8) is 0 Å². The maximum absolute atomic E-state index is 13.3. The van der Waals surface area contributed by atoms with Gasteiger partial charge in [-0.05, 0) is 43.4 Å². The van der Waals surface area contributed by atoms with Crippen molar-refractivity contribution in [2.24, 2.45) is 5.92 Å². The molecule has 94 valence electrons. The topological polar surface area (TPSA) is 32.3 Å². The Balaban J connectivity index is 2.07. The van der Waals surface area contributed by atoms with E-state index in [9.17, 15) is 9.50 Å². The van der Waals surface area contributed by atoms with Gasteiger partial charge in [-0.3, -0.25) is 0 Å². The van der Waals surface area contributed by atoms with E-state index in [-0.39, 0.29) is 17.7 Å². The van der Waals surface area contributed by atoms with Crippen LogP contribution < -0.4 is 5.32 Å². The summed E-state index contributed by atoms with van der Waals surface area (Å²) in [7, 11) is 0. The van der Waals surface area contributed by atoms with Crippen LogP contribution in [0.2, 0.25) is 5.02 Å². The highest BCUT2D eigenvalue weighted by atomic mass is 35.5. The molecule has 1 aromatic carbocycles. The van der Waals surface area contributed by atoms with Gasteiger partial charge in [-0.1, -0.05) is 17.7 Å². The van der Waals surface area contributed by atoms with Gasteiger partial charge >= 0.3 is 0 Å². The van der Waals surface area contributed by atoms with E-state index in [2.05, 4.69) is 12.2 Å². The highest BCUT2D eigenvalue weighted by molar-refractivity contribution is 6.30. The summed E-state index contributed by atoms with van der Waals surface area (Å²) in [4.78, 5) is 0. The average Bonchev–Trinajstić information content (AvgIpc) is 3.13. The largest absolute Gasteiger partial charge is 0.394 e. The van der Waals surface area contributed by atoms with Crippen molar-refractivity contribution in [3.8, 4) is 0 Å². The van der Waals surface area contributed by atoms with Crippen molar-refractivity contribution in [1.82, 2.24) is 5.32 Å². The van der Waals surface area contributed by atoms with Gasteiger partial charge in [0.1, 0.15) is 5.82 Å². The predicted octanol–water partition coefficient (Wildman–Crippen LogP) is 2.90. The first kappa shape index (κ1) is 12.8. The fourth-order valence-electron chi connectivity index (χ4n) is 2.03. The molecule has 1 aliphatic rings. The van der Waals surface area contributed by atoms with Crippen molar-refractivity contribution in [3.05, 3.63) is 34.6 Å². The third-order valence-electron chi connectivity index (χ3n) is 3.32. The summed E-state index contributed by atoms with van der Waals surface area (Å²) in [6.07, 6.45) is 2.47. The number of benzene rings is 1. The van der Waals surface area contributed by atoms with Gasteiger partial charge in [0.05, 0.1) is 17.7 Å². The molecule has 0 aromatic heterocycles. The van der Waals surface area contributed by atoms with Crippen LogP contribution in [0, 0.1) is 11.7 Å². The Kier molecular flexibility index (Phi) is 4.02. The minimum Gasteiger partial charge on any atom is -0.394 e. The van der Waals surface area contributed by atoms with Crippen molar-refractivity contribution in [2.45, 2.75) is 31.8 Å². The van der Waals surface area contributed by atoms with Crippen LogP contribution in [-0.2, 0) is 0 Å². The molecule has 0 bridgehead atoms. The second kappa shape index (κ2) is 5.34. The summed E-state index contributed by atoms with van der Waals surface area (Å²) < 4.78 is 13.3. The quantitative estimate of drug-likeness (QED) is 0.850. The predicted molar refractivity (Wildman–Crippen MR) is 66.6 cm³/mol. The van der Waals surface area contributed by atoms with Crippen molar-refractivity contribution in [1.29, 1.82) is 0 Å². The lowest BCUT2D eigenvalue weighted by Crippen LogP contribution is -2.34.